The summed E-state index contributed by atoms with van der Waals surface area (Å²) in [4.78, 5) is 24.6. The van der Waals surface area contributed by atoms with E-state index >= 15 is 0 Å². The molecule has 2 heterocycles. The number of nitrogens with zero attached hydrogens (tertiary/aromatic N) is 2. The molecule has 1 saturated heterocycles. The number of methoxy groups -OCH3 is 2. The van der Waals surface area contributed by atoms with Gasteiger partial charge in [0.2, 0.25) is 0 Å². The molecule has 2 aromatic carbocycles. The monoisotopic (exact) mass is 518 g/mol. The molecule has 0 spiro atoms. The van der Waals surface area contributed by atoms with Gasteiger partial charge in [0.05, 0.1) is 19.3 Å². The number of rotatable bonds is 8. The van der Waals surface area contributed by atoms with Crippen molar-refractivity contribution in [3.63, 3.8) is 0 Å². The molecule has 3 N–H and O–H groups in total. The van der Waals surface area contributed by atoms with Gasteiger partial charge in [-0.2, -0.15) is 0 Å². The third-order valence-corrected chi connectivity index (χ3v) is 7.93. The number of H-pyrrole nitrogens is 1. The highest BCUT2D eigenvalue weighted by molar-refractivity contribution is 5.98. The molecule has 3 aromatic rings. The third-order valence-electron chi connectivity index (χ3n) is 7.93. The minimum Gasteiger partial charge on any atom is -0.497 e. The average Bonchev–Trinajstić information content (AvgIpc) is 3.39. The third kappa shape index (κ3) is 5.48. The van der Waals surface area contributed by atoms with Gasteiger partial charge in [-0.25, -0.2) is 4.98 Å². The molecule has 2 aliphatic rings. The molecule has 0 unspecified atom stereocenters. The first-order valence-corrected chi connectivity index (χ1v) is 13.5. The zero-order valence-corrected chi connectivity index (χ0v) is 22.3. The topological polar surface area (TPSA) is 99.7 Å². The minimum absolute atomic E-state index is 0.0150. The second kappa shape index (κ2) is 11.7. The lowest BCUT2D eigenvalue weighted by Gasteiger charge is -2.38. The van der Waals surface area contributed by atoms with Crippen molar-refractivity contribution < 1.29 is 19.4 Å². The van der Waals surface area contributed by atoms with Crippen LogP contribution in [0.15, 0.2) is 54.6 Å². The fourth-order valence-electron chi connectivity index (χ4n) is 5.98. The number of benzene rings is 2. The summed E-state index contributed by atoms with van der Waals surface area (Å²) < 4.78 is 10.8. The van der Waals surface area contributed by atoms with E-state index in [9.17, 15) is 9.90 Å². The standard InChI is InChI=1S/C30H38N4O4/c1-37-20-30(36)14-7-6-13-25(30)28-32-26(22-10-4-3-5-11-22)27(33-28)29(35)34-16-15-31-19-23(34)17-21-9-8-12-24(18-21)38-2/h3-5,8-12,18,23,25,31,36H,6-7,13-17,19-20H2,1-2H3,(H,32,33)/t23-,25-,30-/m1/s1. The summed E-state index contributed by atoms with van der Waals surface area (Å²) in [6.07, 6.45) is 4.11. The van der Waals surface area contributed by atoms with E-state index in [0.717, 1.165) is 42.7 Å². The van der Waals surface area contributed by atoms with Crippen molar-refractivity contribution in [3.8, 4) is 17.0 Å². The van der Waals surface area contributed by atoms with Crippen LogP contribution < -0.4 is 10.1 Å². The Balaban J connectivity index is 1.50. The molecule has 202 valence electrons. The van der Waals surface area contributed by atoms with E-state index in [0.29, 0.717) is 43.1 Å². The van der Waals surface area contributed by atoms with E-state index in [2.05, 4.69) is 16.4 Å². The van der Waals surface area contributed by atoms with Crippen LogP contribution in [0.3, 0.4) is 0 Å². The van der Waals surface area contributed by atoms with Crippen LogP contribution >= 0.6 is 0 Å². The van der Waals surface area contributed by atoms with Crippen LogP contribution in [0.1, 0.15) is 53.5 Å². The zero-order valence-electron chi connectivity index (χ0n) is 22.3. The quantitative estimate of drug-likeness (QED) is 0.420. The second-order valence-corrected chi connectivity index (χ2v) is 10.5. The first-order chi connectivity index (χ1) is 18.5. The number of hydrogen-bond acceptors (Lipinski definition) is 6. The molecule has 3 atom stereocenters. The lowest BCUT2D eigenvalue weighted by atomic mass is 9.75. The minimum atomic E-state index is -1.01. The van der Waals surface area contributed by atoms with Crippen molar-refractivity contribution in [3.05, 3.63) is 71.7 Å². The highest BCUT2D eigenvalue weighted by atomic mass is 16.5. The highest BCUT2D eigenvalue weighted by Gasteiger charge is 2.42. The fraction of sp³-hybridized carbons (Fsp3) is 0.467. The molecule has 1 aromatic heterocycles. The predicted octanol–water partition coefficient (Wildman–Crippen LogP) is 3.78. The van der Waals surface area contributed by atoms with E-state index in [1.54, 1.807) is 14.2 Å². The molecule has 1 aliphatic heterocycles. The van der Waals surface area contributed by atoms with Crippen molar-refractivity contribution >= 4 is 5.91 Å². The summed E-state index contributed by atoms with van der Waals surface area (Å²) in [5.74, 6) is 1.18. The van der Waals surface area contributed by atoms with Gasteiger partial charge in [0, 0.05) is 44.3 Å². The molecule has 0 radical (unpaired) electrons. The number of imidazole rings is 1. The largest absolute Gasteiger partial charge is 0.497 e. The number of aromatic amines is 1. The number of hydrogen-bond donors (Lipinski definition) is 3. The van der Waals surface area contributed by atoms with Crippen LogP contribution in [0.4, 0.5) is 0 Å². The molecule has 8 nitrogen and oxygen atoms in total. The maximum Gasteiger partial charge on any atom is 0.272 e. The molecule has 38 heavy (non-hydrogen) atoms. The maximum absolute atomic E-state index is 14.2. The van der Waals surface area contributed by atoms with Gasteiger partial charge in [-0.05, 0) is 37.0 Å². The summed E-state index contributed by atoms with van der Waals surface area (Å²) in [5, 5.41) is 14.9. The van der Waals surface area contributed by atoms with Gasteiger partial charge in [0.25, 0.3) is 5.91 Å². The molecule has 1 amide bonds. The molecule has 0 bridgehead atoms. The van der Waals surface area contributed by atoms with E-state index < -0.39 is 5.60 Å². The number of carbonyl (C=O) groups is 1. The number of aliphatic hydroxyl groups is 1. The molecule has 1 saturated carbocycles. The normalized spacial score (nSPS) is 23.8. The second-order valence-electron chi connectivity index (χ2n) is 10.5. The summed E-state index contributed by atoms with van der Waals surface area (Å²) in [6.45, 7) is 2.29. The van der Waals surface area contributed by atoms with Crippen LogP contribution in [-0.4, -0.2) is 78.0 Å². The van der Waals surface area contributed by atoms with E-state index in [4.69, 9.17) is 14.5 Å². The van der Waals surface area contributed by atoms with Gasteiger partial charge in [-0.1, -0.05) is 55.3 Å². The van der Waals surface area contributed by atoms with Gasteiger partial charge in [-0.3, -0.25) is 4.79 Å². The van der Waals surface area contributed by atoms with Gasteiger partial charge < -0.3 is 29.8 Å². The average molecular weight is 519 g/mol. The first-order valence-electron chi connectivity index (χ1n) is 13.5. The summed E-state index contributed by atoms with van der Waals surface area (Å²) in [6, 6.07) is 17.8. The van der Waals surface area contributed by atoms with E-state index in [1.807, 2.05) is 53.4 Å². The van der Waals surface area contributed by atoms with Crippen LogP contribution in [0.2, 0.25) is 0 Å². The number of amides is 1. The number of piperazine rings is 1. The van der Waals surface area contributed by atoms with Crippen molar-refractivity contribution in [2.24, 2.45) is 0 Å². The van der Waals surface area contributed by atoms with Gasteiger partial charge in [0.1, 0.15) is 23.0 Å². The summed E-state index contributed by atoms with van der Waals surface area (Å²) in [5.41, 5.74) is 2.10. The Kier molecular flexibility index (Phi) is 8.12. The Morgan fingerprint density at radius 3 is 2.79 bits per heavy atom. The molecular weight excluding hydrogens is 480 g/mol. The Bertz CT molecular complexity index is 1230. The highest BCUT2D eigenvalue weighted by Crippen LogP contribution is 2.41. The first kappa shape index (κ1) is 26.4. The maximum atomic E-state index is 14.2. The van der Waals surface area contributed by atoms with Crippen molar-refractivity contribution in [2.45, 2.75) is 49.7 Å². The fourth-order valence-corrected chi connectivity index (χ4v) is 5.98. The number of nitrogens with one attached hydrogen (secondary N) is 2. The van der Waals surface area contributed by atoms with Gasteiger partial charge in [0.15, 0.2) is 0 Å². The Hall–Kier alpha value is -3.20. The lowest BCUT2D eigenvalue weighted by molar-refractivity contribution is -0.0732. The Morgan fingerprint density at radius 2 is 2.00 bits per heavy atom. The Labute approximate surface area is 224 Å². The predicted molar refractivity (Wildman–Crippen MR) is 146 cm³/mol. The summed E-state index contributed by atoms with van der Waals surface area (Å²) in [7, 11) is 3.28. The molecular formula is C30H38N4O4. The van der Waals surface area contributed by atoms with Crippen molar-refractivity contribution in [2.75, 3.05) is 40.5 Å². The lowest BCUT2D eigenvalue weighted by Crippen LogP contribution is -2.54. The van der Waals surface area contributed by atoms with Crippen LogP contribution in [0.5, 0.6) is 5.75 Å². The van der Waals surface area contributed by atoms with Gasteiger partial charge in [-0.15, -0.1) is 0 Å². The SMILES string of the molecule is COC[C@]1(O)CCCC[C@@H]1c1nc(-c2ccccc2)c(C(=O)N2CCNC[C@H]2Cc2cccc(OC)c2)[nH]1. The molecule has 8 heteroatoms. The number of ether oxygens (including phenoxy) is 2. The number of carbonyl (C=O) groups excluding carboxylic acids is 1. The number of aromatic nitrogens is 2. The van der Waals surface area contributed by atoms with Crippen LogP contribution in [0.25, 0.3) is 11.3 Å². The van der Waals surface area contributed by atoms with E-state index in [1.165, 1.54) is 0 Å². The van der Waals surface area contributed by atoms with Crippen molar-refractivity contribution in [1.29, 1.82) is 0 Å². The molecule has 5 rings (SSSR count). The zero-order chi connectivity index (χ0) is 26.5. The molecule has 2 fully saturated rings. The van der Waals surface area contributed by atoms with E-state index in [-0.39, 0.29) is 24.5 Å². The van der Waals surface area contributed by atoms with Gasteiger partial charge >= 0.3 is 0 Å². The molecule has 1 aliphatic carbocycles. The van der Waals surface area contributed by atoms with Crippen LogP contribution in [0, 0.1) is 0 Å². The summed E-state index contributed by atoms with van der Waals surface area (Å²) >= 11 is 0. The van der Waals surface area contributed by atoms with Crippen LogP contribution in [-0.2, 0) is 11.2 Å². The smallest absolute Gasteiger partial charge is 0.272 e. The van der Waals surface area contributed by atoms with Crippen molar-refractivity contribution in [1.82, 2.24) is 20.2 Å². The Morgan fingerprint density at radius 1 is 1.16 bits per heavy atom.